The first kappa shape index (κ1) is 21.1. The van der Waals surface area contributed by atoms with Crippen LogP contribution in [0.4, 0.5) is 11.4 Å². The van der Waals surface area contributed by atoms with Crippen molar-refractivity contribution in [2.75, 3.05) is 5.32 Å². The molecule has 5 aromatic carbocycles. The molecule has 4 heteroatoms. The van der Waals surface area contributed by atoms with E-state index in [4.69, 9.17) is 0 Å². The zero-order valence-corrected chi connectivity index (χ0v) is 21.9. The number of aryl methyl sites for hydroxylation is 1. The monoisotopic (exact) mass is 515 g/mol. The number of hydrogen-bond acceptors (Lipinski definition) is 1. The van der Waals surface area contributed by atoms with Gasteiger partial charge >= 0.3 is 0 Å². The van der Waals surface area contributed by atoms with Gasteiger partial charge in [-0.15, -0.1) is 0 Å². The van der Waals surface area contributed by atoms with E-state index in [0.29, 0.717) is 6.04 Å². The number of nitrogens with two attached hydrogens (primary N) is 1. The number of aromatic nitrogens is 2. The smallest absolute Gasteiger partial charge is 0.162 e. The van der Waals surface area contributed by atoms with Gasteiger partial charge in [0.2, 0.25) is 0 Å². The number of hydrogen-bond donors (Lipinski definition) is 2. The summed E-state index contributed by atoms with van der Waals surface area (Å²) in [7, 11) is 0. The number of anilines is 1. The maximum absolute atomic E-state index is 3.96. The normalized spacial score (nSPS) is 18.8. The summed E-state index contributed by atoms with van der Waals surface area (Å²) in [4.78, 5) is 0. The fourth-order valence-corrected chi connectivity index (χ4v) is 7.87. The summed E-state index contributed by atoms with van der Waals surface area (Å²) in [6.07, 6.45) is 6.99. The Bertz CT molecular complexity index is 2230. The van der Waals surface area contributed by atoms with Gasteiger partial charge in [0.15, 0.2) is 17.9 Å². The summed E-state index contributed by atoms with van der Waals surface area (Å²) in [5, 5.41) is 13.2. The average Bonchev–Trinajstić information content (AvgIpc) is 3.63. The van der Waals surface area contributed by atoms with Crippen molar-refractivity contribution in [3.05, 3.63) is 120 Å². The molecule has 2 aliphatic heterocycles. The molecular formula is C36H27N4+. The van der Waals surface area contributed by atoms with E-state index in [1.165, 1.54) is 77.4 Å². The van der Waals surface area contributed by atoms with Crippen molar-refractivity contribution in [1.29, 1.82) is 0 Å². The van der Waals surface area contributed by atoms with Crippen LogP contribution in [0.15, 0.2) is 103 Å². The molecule has 0 bridgehead atoms. The molecule has 0 radical (unpaired) electrons. The van der Waals surface area contributed by atoms with E-state index in [1.54, 1.807) is 0 Å². The molecular weight excluding hydrogens is 488 g/mol. The molecule has 10 rings (SSSR count). The molecule has 0 saturated heterocycles. The van der Waals surface area contributed by atoms with E-state index >= 15 is 0 Å². The molecule has 3 aliphatic rings. The van der Waals surface area contributed by atoms with Crippen LogP contribution in [0.3, 0.4) is 0 Å². The molecule has 2 atom stereocenters. The number of quaternary nitrogens is 1. The largest absolute Gasteiger partial charge is 0.355 e. The average molecular weight is 516 g/mol. The molecule has 3 N–H and O–H groups in total. The summed E-state index contributed by atoms with van der Waals surface area (Å²) in [5.41, 5.74) is 12.0. The van der Waals surface area contributed by atoms with E-state index in [2.05, 4.69) is 129 Å². The minimum absolute atomic E-state index is 0.158. The van der Waals surface area contributed by atoms with Crippen LogP contribution in [0, 0.1) is 0 Å². The van der Waals surface area contributed by atoms with Gasteiger partial charge in [-0.05, 0) is 71.7 Å². The highest BCUT2D eigenvalue weighted by Crippen LogP contribution is 2.50. The number of rotatable bonds is 1. The van der Waals surface area contributed by atoms with Crippen LogP contribution in [0.25, 0.3) is 55.2 Å². The molecule has 0 saturated carbocycles. The van der Waals surface area contributed by atoms with Gasteiger partial charge in [0.25, 0.3) is 0 Å². The van der Waals surface area contributed by atoms with E-state index in [-0.39, 0.29) is 6.17 Å². The Kier molecular flexibility index (Phi) is 3.92. The summed E-state index contributed by atoms with van der Waals surface area (Å²) < 4.78 is 5.10. The number of nitrogens with zero attached hydrogens (tertiary/aromatic N) is 2. The Labute approximate surface area is 231 Å². The molecule has 4 nitrogen and oxygen atoms in total. The highest BCUT2D eigenvalue weighted by Gasteiger charge is 2.43. The lowest BCUT2D eigenvalue weighted by Crippen LogP contribution is -2.82. The minimum Gasteiger partial charge on any atom is -0.355 e. The molecule has 1 aliphatic carbocycles. The SMILES string of the molecule is C1=Cc2c(c3cc4c(cc3n2-c2ccccc2)c2c3ccccc3cc3c2n4C2Nc4ccccc4[NH2+]C32)CC1. The highest BCUT2D eigenvalue weighted by molar-refractivity contribution is 6.24. The minimum atomic E-state index is 0.158. The molecule has 0 amide bonds. The van der Waals surface area contributed by atoms with Gasteiger partial charge in [-0.3, -0.25) is 0 Å². The van der Waals surface area contributed by atoms with Gasteiger partial charge in [0.1, 0.15) is 0 Å². The predicted octanol–water partition coefficient (Wildman–Crippen LogP) is 7.72. The van der Waals surface area contributed by atoms with Gasteiger partial charge < -0.3 is 19.8 Å². The fourth-order valence-electron chi connectivity index (χ4n) is 7.87. The van der Waals surface area contributed by atoms with Crippen molar-refractivity contribution >= 4 is 60.9 Å². The maximum Gasteiger partial charge on any atom is 0.162 e. The molecule has 0 fully saturated rings. The Morgan fingerprint density at radius 1 is 0.775 bits per heavy atom. The van der Waals surface area contributed by atoms with Gasteiger partial charge in [0, 0.05) is 39.2 Å². The zero-order valence-electron chi connectivity index (χ0n) is 21.9. The fraction of sp³-hybridized carbons (Fsp3) is 0.111. The van der Waals surface area contributed by atoms with E-state index in [0.717, 1.165) is 12.8 Å². The summed E-state index contributed by atoms with van der Waals surface area (Å²) >= 11 is 0. The molecule has 40 heavy (non-hydrogen) atoms. The van der Waals surface area contributed by atoms with Gasteiger partial charge in [-0.2, -0.15) is 0 Å². The van der Waals surface area contributed by atoms with Crippen LogP contribution in [-0.4, -0.2) is 9.13 Å². The molecule has 4 heterocycles. The number of benzene rings is 5. The molecule has 0 spiro atoms. The second kappa shape index (κ2) is 7.44. The zero-order chi connectivity index (χ0) is 25.9. The van der Waals surface area contributed by atoms with Crippen LogP contribution in [0.1, 0.15) is 35.4 Å². The Balaban J connectivity index is 1.37. The van der Waals surface area contributed by atoms with Crippen molar-refractivity contribution < 1.29 is 5.32 Å². The van der Waals surface area contributed by atoms with Gasteiger partial charge in [0.05, 0.1) is 22.2 Å². The Morgan fingerprint density at radius 3 is 2.55 bits per heavy atom. The van der Waals surface area contributed by atoms with Crippen molar-refractivity contribution in [2.45, 2.75) is 25.0 Å². The highest BCUT2D eigenvalue weighted by atomic mass is 15.3. The van der Waals surface area contributed by atoms with Crippen LogP contribution in [-0.2, 0) is 6.42 Å². The lowest BCUT2D eigenvalue weighted by atomic mass is 9.95. The summed E-state index contributed by atoms with van der Waals surface area (Å²) in [5.74, 6) is 0. The maximum atomic E-state index is 3.96. The van der Waals surface area contributed by atoms with Crippen molar-refractivity contribution in [1.82, 2.24) is 9.13 Å². The van der Waals surface area contributed by atoms with E-state index in [9.17, 15) is 0 Å². The predicted molar refractivity (Wildman–Crippen MR) is 165 cm³/mol. The van der Waals surface area contributed by atoms with Crippen molar-refractivity contribution in [3.8, 4) is 5.69 Å². The van der Waals surface area contributed by atoms with E-state index in [1.807, 2.05) is 0 Å². The third kappa shape index (κ3) is 2.55. The molecule has 2 aromatic heterocycles. The number of fused-ring (bicyclic) bond motifs is 12. The molecule has 190 valence electrons. The second-order valence-corrected chi connectivity index (χ2v) is 11.5. The van der Waals surface area contributed by atoms with Crippen LogP contribution in [0.5, 0.6) is 0 Å². The second-order valence-electron chi connectivity index (χ2n) is 11.5. The van der Waals surface area contributed by atoms with Crippen molar-refractivity contribution in [3.63, 3.8) is 0 Å². The number of allylic oxidation sites excluding steroid dienone is 1. The lowest BCUT2D eigenvalue weighted by molar-refractivity contribution is -0.624. The Hall–Kier alpha value is -4.80. The van der Waals surface area contributed by atoms with Crippen LogP contribution < -0.4 is 10.6 Å². The quantitative estimate of drug-likeness (QED) is 0.216. The number of nitrogens with one attached hydrogen (secondary N) is 1. The third-order valence-corrected chi connectivity index (χ3v) is 9.50. The van der Waals surface area contributed by atoms with Crippen LogP contribution in [0.2, 0.25) is 0 Å². The summed E-state index contributed by atoms with van der Waals surface area (Å²) in [6, 6.07) is 36.3. The van der Waals surface area contributed by atoms with Gasteiger partial charge in [-0.1, -0.05) is 60.7 Å². The van der Waals surface area contributed by atoms with Crippen LogP contribution >= 0.6 is 0 Å². The standard InChI is InChI=1S/C36H26N4/c1-2-11-22(12-3-1)39-30-17-9-6-14-24(30)25-19-32-26(20-31(25)39)33-23-13-5-4-10-21(23)18-27-34-36(40(32)35(27)33)38-29-16-8-7-15-28(29)37-34/h1-5,7-13,15-20,34,36-38H,6,14H2/p+1. The first-order valence-corrected chi connectivity index (χ1v) is 14.3. The lowest BCUT2D eigenvalue weighted by Gasteiger charge is -2.29. The van der Waals surface area contributed by atoms with E-state index < -0.39 is 0 Å². The third-order valence-electron chi connectivity index (χ3n) is 9.50. The molecule has 2 unspecified atom stereocenters. The summed E-state index contributed by atoms with van der Waals surface area (Å²) in [6.45, 7) is 0. The van der Waals surface area contributed by atoms with Crippen molar-refractivity contribution in [2.24, 2.45) is 0 Å². The topological polar surface area (TPSA) is 38.5 Å². The molecule has 7 aromatic rings. The van der Waals surface area contributed by atoms with Gasteiger partial charge in [-0.25, -0.2) is 0 Å². The Morgan fingerprint density at radius 2 is 1.60 bits per heavy atom. The number of para-hydroxylation sites is 3. The first-order chi connectivity index (χ1) is 19.8. The first-order valence-electron chi connectivity index (χ1n) is 14.3.